The number of hydrogen-bond acceptors (Lipinski definition) is 3. The lowest BCUT2D eigenvalue weighted by molar-refractivity contribution is 0.249. The van der Waals surface area contributed by atoms with E-state index in [0.717, 1.165) is 12.8 Å². The van der Waals surface area contributed by atoms with Crippen LogP contribution in [0.4, 0.5) is 0 Å². The fraction of sp³-hybridized carbons (Fsp3) is 1.00. The molecule has 1 fully saturated rings. The molecule has 0 bridgehead atoms. The Morgan fingerprint density at radius 1 is 1.31 bits per heavy atom. The SMILES string of the molecule is CC(C)(C)CS(=O)(=O)NCC1(CCO)CC1. The van der Waals surface area contributed by atoms with Crippen LogP contribution in [0, 0.1) is 10.8 Å². The third-order valence-electron chi connectivity index (χ3n) is 2.89. The molecule has 0 aromatic heterocycles. The van der Waals surface area contributed by atoms with E-state index in [0.29, 0.717) is 13.0 Å². The molecular weight excluding hydrogens is 226 g/mol. The van der Waals surface area contributed by atoms with Crippen molar-refractivity contribution in [2.45, 2.75) is 40.0 Å². The number of nitrogens with one attached hydrogen (secondary N) is 1. The molecule has 0 aromatic carbocycles. The van der Waals surface area contributed by atoms with Gasteiger partial charge in [-0.05, 0) is 30.1 Å². The Bertz CT molecular complexity index is 326. The lowest BCUT2D eigenvalue weighted by Crippen LogP contribution is -2.36. The van der Waals surface area contributed by atoms with Crippen molar-refractivity contribution in [2.75, 3.05) is 18.9 Å². The van der Waals surface area contributed by atoms with E-state index in [1.807, 2.05) is 20.8 Å². The van der Waals surface area contributed by atoms with Gasteiger partial charge >= 0.3 is 0 Å². The lowest BCUT2D eigenvalue weighted by atomic mass is 10.0. The molecule has 0 atom stereocenters. The second kappa shape index (κ2) is 4.63. The third-order valence-corrected chi connectivity index (χ3v) is 4.72. The predicted octanol–water partition coefficient (Wildman–Crippen LogP) is 1.11. The van der Waals surface area contributed by atoms with Gasteiger partial charge in [-0.3, -0.25) is 0 Å². The van der Waals surface area contributed by atoms with E-state index < -0.39 is 10.0 Å². The van der Waals surface area contributed by atoms with Gasteiger partial charge in [0.15, 0.2) is 0 Å². The van der Waals surface area contributed by atoms with Gasteiger partial charge in [-0.1, -0.05) is 20.8 Å². The zero-order chi connectivity index (χ0) is 12.4. The number of aliphatic hydroxyl groups excluding tert-OH is 1. The van der Waals surface area contributed by atoms with Gasteiger partial charge in [0.1, 0.15) is 0 Å². The first-order chi connectivity index (χ1) is 7.18. The zero-order valence-corrected chi connectivity index (χ0v) is 11.2. The average Bonchev–Trinajstić information content (AvgIpc) is 2.79. The van der Waals surface area contributed by atoms with E-state index in [4.69, 9.17) is 5.11 Å². The predicted molar refractivity (Wildman–Crippen MR) is 64.6 cm³/mol. The Morgan fingerprint density at radius 2 is 1.88 bits per heavy atom. The van der Waals surface area contributed by atoms with Crippen molar-refractivity contribution in [2.24, 2.45) is 10.8 Å². The van der Waals surface area contributed by atoms with Gasteiger partial charge < -0.3 is 5.11 Å². The molecule has 1 saturated carbocycles. The normalized spacial score (nSPS) is 19.8. The van der Waals surface area contributed by atoms with Gasteiger partial charge in [0, 0.05) is 13.2 Å². The molecule has 1 aliphatic carbocycles. The maximum atomic E-state index is 11.8. The molecule has 0 saturated heterocycles. The van der Waals surface area contributed by atoms with Gasteiger partial charge in [0.2, 0.25) is 10.0 Å². The van der Waals surface area contributed by atoms with E-state index in [-0.39, 0.29) is 23.2 Å². The fourth-order valence-electron chi connectivity index (χ4n) is 1.81. The van der Waals surface area contributed by atoms with E-state index >= 15 is 0 Å². The van der Waals surface area contributed by atoms with E-state index in [1.54, 1.807) is 0 Å². The van der Waals surface area contributed by atoms with Crippen LogP contribution < -0.4 is 4.72 Å². The molecule has 1 aliphatic rings. The van der Waals surface area contributed by atoms with Gasteiger partial charge in [0.25, 0.3) is 0 Å². The molecule has 0 unspecified atom stereocenters. The molecule has 0 aromatic rings. The molecule has 2 N–H and O–H groups in total. The highest BCUT2D eigenvalue weighted by Crippen LogP contribution is 2.48. The van der Waals surface area contributed by atoms with Crippen molar-refractivity contribution < 1.29 is 13.5 Å². The lowest BCUT2D eigenvalue weighted by Gasteiger charge is -2.20. The van der Waals surface area contributed by atoms with Crippen LogP contribution in [0.15, 0.2) is 0 Å². The van der Waals surface area contributed by atoms with Crippen LogP contribution in [0.25, 0.3) is 0 Å². The summed E-state index contributed by atoms with van der Waals surface area (Å²) < 4.78 is 26.2. The van der Waals surface area contributed by atoms with Crippen LogP contribution in [0.5, 0.6) is 0 Å². The minimum Gasteiger partial charge on any atom is -0.396 e. The molecule has 4 nitrogen and oxygen atoms in total. The Balaban J connectivity index is 2.43. The van der Waals surface area contributed by atoms with Crippen LogP contribution in [-0.2, 0) is 10.0 Å². The highest BCUT2D eigenvalue weighted by Gasteiger charge is 2.42. The molecule has 5 heteroatoms. The Hall–Kier alpha value is -0.130. The van der Waals surface area contributed by atoms with E-state index in [2.05, 4.69) is 4.72 Å². The highest BCUT2D eigenvalue weighted by molar-refractivity contribution is 7.89. The van der Waals surface area contributed by atoms with Crippen LogP contribution in [0.1, 0.15) is 40.0 Å². The summed E-state index contributed by atoms with van der Waals surface area (Å²) in [5.74, 6) is 0.148. The molecule has 16 heavy (non-hydrogen) atoms. The number of aliphatic hydroxyl groups is 1. The summed E-state index contributed by atoms with van der Waals surface area (Å²) in [6, 6.07) is 0. The standard InChI is InChI=1S/C11H23NO3S/c1-10(2,3)9-16(14,15)12-8-11(4-5-11)6-7-13/h12-13H,4-9H2,1-3H3. The summed E-state index contributed by atoms with van der Waals surface area (Å²) in [5.41, 5.74) is -0.181. The van der Waals surface area contributed by atoms with Gasteiger partial charge in [-0.25, -0.2) is 13.1 Å². The van der Waals surface area contributed by atoms with Crippen LogP contribution >= 0.6 is 0 Å². The Morgan fingerprint density at radius 3 is 2.25 bits per heavy atom. The minimum absolute atomic E-state index is 0.0414. The summed E-state index contributed by atoms with van der Waals surface area (Å²) in [6.45, 7) is 6.35. The number of sulfonamides is 1. The molecule has 0 spiro atoms. The third kappa shape index (κ3) is 4.80. The quantitative estimate of drug-likeness (QED) is 0.741. The van der Waals surface area contributed by atoms with E-state index in [1.165, 1.54) is 0 Å². The maximum absolute atomic E-state index is 11.8. The van der Waals surface area contributed by atoms with Crippen LogP contribution in [-0.4, -0.2) is 32.4 Å². The minimum atomic E-state index is -3.18. The first kappa shape index (κ1) is 13.9. The van der Waals surface area contributed by atoms with Gasteiger partial charge in [-0.2, -0.15) is 0 Å². The number of rotatable bonds is 6. The smallest absolute Gasteiger partial charge is 0.212 e. The first-order valence-electron chi connectivity index (χ1n) is 5.76. The zero-order valence-electron chi connectivity index (χ0n) is 10.4. The summed E-state index contributed by atoms with van der Waals surface area (Å²) in [7, 11) is -3.18. The molecule has 96 valence electrons. The average molecular weight is 249 g/mol. The molecule has 0 radical (unpaired) electrons. The van der Waals surface area contributed by atoms with Crippen molar-refractivity contribution in [3.05, 3.63) is 0 Å². The Kier molecular flexibility index (Phi) is 4.03. The van der Waals surface area contributed by atoms with Crippen LogP contribution in [0.3, 0.4) is 0 Å². The molecule has 0 aliphatic heterocycles. The van der Waals surface area contributed by atoms with Crippen molar-refractivity contribution in [3.8, 4) is 0 Å². The molecule has 0 heterocycles. The summed E-state index contributed by atoms with van der Waals surface area (Å²) in [5, 5.41) is 8.88. The van der Waals surface area contributed by atoms with Crippen molar-refractivity contribution >= 4 is 10.0 Å². The highest BCUT2D eigenvalue weighted by atomic mass is 32.2. The second-order valence-corrected chi connectivity index (χ2v) is 7.92. The monoisotopic (exact) mass is 249 g/mol. The maximum Gasteiger partial charge on any atom is 0.212 e. The van der Waals surface area contributed by atoms with Crippen molar-refractivity contribution in [1.29, 1.82) is 0 Å². The largest absolute Gasteiger partial charge is 0.396 e. The summed E-state index contributed by atoms with van der Waals surface area (Å²) >= 11 is 0. The number of hydrogen-bond donors (Lipinski definition) is 2. The van der Waals surface area contributed by atoms with Crippen molar-refractivity contribution in [3.63, 3.8) is 0 Å². The first-order valence-corrected chi connectivity index (χ1v) is 7.42. The van der Waals surface area contributed by atoms with Crippen LogP contribution in [0.2, 0.25) is 0 Å². The Labute approximate surface area is 98.5 Å². The molecular formula is C11H23NO3S. The van der Waals surface area contributed by atoms with Gasteiger partial charge in [0.05, 0.1) is 5.75 Å². The second-order valence-electron chi connectivity index (χ2n) is 6.11. The van der Waals surface area contributed by atoms with Crippen molar-refractivity contribution in [1.82, 2.24) is 4.72 Å². The van der Waals surface area contributed by atoms with Gasteiger partial charge in [-0.15, -0.1) is 0 Å². The fourth-order valence-corrected chi connectivity index (χ4v) is 3.58. The molecule has 0 amide bonds. The summed E-state index contributed by atoms with van der Waals surface area (Å²) in [4.78, 5) is 0. The topological polar surface area (TPSA) is 66.4 Å². The van der Waals surface area contributed by atoms with E-state index in [9.17, 15) is 8.42 Å². The molecule has 1 rings (SSSR count). The summed E-state index contributed by atoms with van der Waals surface area (Å²) in [6.07, 6.45) is 2.74.